The third-order valence-corrected chi connectivity index (χ3v) is 3.25. The summed E-state index contributed by atoms with van der Waals surface area (Å²) >= 11 is 5.76. The molecule has 2 N–H and O–H groups in total. The number of aromatic amines is 1. The smallest absolute Gasteiger partial charge is 0.129 e. The van der Waals surface area contributed by atoms with E-state index >= 15 is 0 Å². The first-order valence-corrected chi connectivity index (χ1v) is 6.11. The maximum atomic E-state index is 5.76. The van der Waals surface area contributed by atoms with Gasteiger partial charge in [-0.25, -0.2) is 9.97 Å². The summed E-state index contributed by atoms with van der Waals surface area (Å²) in [5.74, 6) is 1.01. The molecule has 18 heavy (non-hydrogen) atoms. The van der Waals surface area contributed by atoms with Gasteiger partial charge >= 0.3 is 0 Å². The Bertz CT molecular complexity index is 503. The zero-order valence-electron chi connectivity index (χ0n) is 9.69. The fourth-order valence-electron chi connectivity index (χ4n) is 2.11. The monoisotopic (exact) mass is 284 g/mol. The number of hydrogen-bond donors (Lipinski definition) is 2. The van der Waals surface area contributed by atoms with E-state index in [1.165, 1.54) is 6.42 Å². The Kier molecular flexibility index (Phi) is 4.22. The Morgan fingerprint density at radius 2 is 2.11 bits per heavy atom. The summed E-state index contributed by atoms with van der Waals surface area (Å²) in [5, 5.41) is 3.92. The number of nitrogens with zero attached hydrogens (tertiary/aromatic N) is 2. The van der Waals surface area contributed by atoms with Crippen molar-refractivity contribution in [1.82, 2.24) is 20.3 Å². The first kappa shape index (κ1) is 13.3. The van der Waals surface area contributed by atoms with Crippen molar-refractivity contribution >= 4 is 24.0 Å². The van der Waals surface area contributed by atoms with Crippen molar-refractivity contribution in [3.8, 4) is 11.3 Å². The van der Waals surface area contributed by atoms with Gasteiger partial charge < -0.3 is 10.3 Å². The van der Waals surface area contributed by atoms with Crippen molar-refractivity contribution in [3.05, 3.63) is 35.5 Å². The number of imidazole rings is 1. The maximum absolute atomic E-state index is 5.76. The van der Waals surface area contributed by atoms with E-state index in [4.69, 9.17) is 11.6 Å². The summed E-state index contributed by atoms with van der Waals surface area (Å²) in [6, 6.07) is 4.09. The largest absolute Gasteiger partial charge is 0.341 e. The minimum atomic E-state index is 0. The van der Waals surface area contributed by atoms with E-state index in [-0.39, 0.29) is 12.4 Å². The Hall–Kier alpha value is -1.10. The summed E-state index contributed by atoms with van der Waals surface area (Å²) in [4.78, 5) is 11.8. The first-order valence-electron chi connectivity index (χ1n) is 5.73. The first-order chi connectivity index (χ1) is 8.33. The number of halogens is 2. The molecule has 0 aromatic carbocycles. The highest BCUT2D eigenvalue weighted by molar-refractivity contribution is 6.29. The third kappa shape index (κ3) is 2.66. The van der Waals surface area contributed by atoms with E-state index in [0.29, 0.717) is 11.2 Å². The Balaban J connectivity index is 0.00000120. The second kappa shape index (κ2) is 5.69. The molecular formula is C12H14Cl2N4. The third-order valence-electron chi connectivity index (χ3n) is 3.02. The van der Waals surface area contributed by atoms with Gasteiger partial charge in [-0.15, -0.1) is 12.4 Å². The van der Waals surface area contributed by atoms with Crippen LogP contribution in [-0.2, 0) is 0 Å². The van der Waals surface area contributed by atoms with Gasteiger partial charge in [-0.1, -0.05) is 11.6 Å². The lowest BCUT2D eigenvalue weighted by molar-refractivity contribution is 0.613. The van der Waals surface area contributed by atoms with Gasteiger partial charge in [0.05, 0.1) is 17.9 Å². The van der Waals surface area contributed by atoms with Gasteiger partial charge in [-0.2, -0.15) is 0 Å². The molecule has 0 spiro atoms. The molecule has 0 bridgehead atoms. The highest BCUT2D eigenvalue weighted by Crippen LogP contribution is 2.24. The molecule has 0 radical (unpaired) electrons. The van der Waals surface area contributed by atoms with Crippen molar-refractivity contribution < 1.29 is 0 Å². The lowest BCUT2D eigenvalue weighted by Gasteiger charge is -2.05. The molecule has 2 aromatic rings. The van der Waals surface area contributed by atoms with Gasteiger partial charge in [0.2, 0.25) is 0 Å². The molecule has 96 valence electrons. The molecule has 0 unspecified atom stereocenters. The van der Waals surface area contributed by atoms with E-state index in [2.05, 4.69) is 20.3 Å². The van der Waals surface area contributed by atoms with Crippen LogP contribution in [0.25, 0.3) is 11.3 Å². The lowest BCUT2D eigenvalue weighted by Crippen LogP contribution is -2.14. The van der Waals surface area contributed by atoms with Crippen LogP contribution in [0.2, 0.25) is 5.15 Å². The molecule has 4 nitrogen and oxygen atoms in total. The number of H-pyrrole nitrogens is 1. The van der Waals surface area contributed by atoms with Crippen LogP contribution in [0.1, 0.15) is 24.7 Å². The summed E-state index contributed by atoms with van der Waals surface area (Å²) in [6.07, 6.45) is 5.96. The van der Waals surface area contributed by atoms with Crippen LogP contribution < -0.4 is 5.32 Å². The molecule has 0 saturated carbocycles. The molecule has 3 heterocycles. The summed E-state index contributed by atoms with van der Waals surface area (Å²) in [7, 11) is 0. The zero-order valence-corrected chi connectivity index (χ0v) is 11.3. The van der Waals surface area contributed by atoms with Gasteiger partial charge in [-0.3, -0.25) is 0 Å². The van der Waals surface area contributed by atoms with Gasteiger partial charge in [-0.05, 0) is 31.5 Å². The van der Waals surface area contributed by atoms with Crippen molar-refractivity contribution in [2.45, 2.75) is 18.9 Å². The number of pyridine rings is 1. The Morgan fingerprint density at radius 3 is 2.78 bits per heavy atom. The van der Waals surface area contributed by atoms with Crippen molar-refractivity contribution in [2.24, 2.45) is 0 Å². The molecule has 6 heteroatoms. The molecular weight excluding hydrogens is 271 g/mol. The van der Waals surface area contributed by atoms with E-state index in [0.717, 1.165) is 30.0 Å². The quantitative estimate of drug-likeness (QED) is 0.834. The number of rotatable bonds is 2. The van der Waals surface area contributed by atoms with Crippen molar-refractivity contribution in [2.75, 3.05) is 6.54 Å². The average Bonchev–Trinajstić information content (AvgIpc) is 3.00. The Labute approximate surface area is 117 Å². The predicted molar refractivity (Wildman–Crippen MR) is 74.1 cm³/mol. The summed E-state index contributed by atoms with van der Waals surface area (Å²) in [6.45, 7) is 1.07. The van der Waals surface area contributed by atoms with Crippen LogP contribution in [0.5, 0.6) is 0 Å². The summed E-state index contributed by atoms with van der Waals surface area (Å²) < 4.78 is 0. The van der Waals surface area contributed by atoms with Gasteiger partial charge in [0, 0.05) is 11.8 Å². The fraction of sp³-hybridized carbons (Fsp3) is 0.333. The van der Waals surface area contributed by atoms with Crippen molar-refractivity contribution in [3.63, 3.8) is 0 Å². The van der Waals surface area contributed by atoms with E-state index < -0.39 is 0 Å². The molecule has 3 rings (SSSR count). The molecule has 0 aliphatic carbocycles. The molecule has 1 fully saturated rings. The van der Waals surface area contributed by atoms with Crippen LogP contribution >= 0.6 is 24.0 Å². The minimum Gasteiger partial charge on any atom is -0.341 e. The lowest BCUT2D eigenvalue weighted by atomic mass is 10.2. The van der Waals surface area contributed by atoms with E-state index in [1.54, 1.807) is 12.3 Å². The average molecular weight is 285 g/mol. The molecule has 1 aliphatic rings. The van der Waals surface area contributed by atoms with E-state index in [9.17, 15) is 0 Å². The standard InChI is InChI=1S/C12H13ClN4.ClH/c13-11-4-3-8(6-15-11)10-7-16-12(17-10)9-2-1-5-14-9;/h3-4,6-7,9,14H,1-2,5H2,(H,16,17);1H/t9-;/m0./s1. The Morgan fingerprint density at radius 1 is 1.22 bits per heavy atom. The predicted octanol–water partition coefficient (Wildman–Crippen LogP) is 2.97. The zero-order chi connectivity index (χ0) is 11.7. The van der Waals surface area contributed by atoms with E-state index in [1.807, 2.05) is 12.3 Å². The molecule has 1 atom stereocenters. The number of nitrogens with one attached hydrogen (secondary N) is 2. The van der Waals surface area contributed by atoms with Gasteiger partial charge in [0.1, 0.15) is 11.0 Å². The van der Waals surface area contributed by atoms with Crippen LogP contribution in [0.3, 0.4) is 0 Å². The second-order valence-electron chi connectivity index (χ2n) is 4.20. The minimum absolute atomic E-state index is 0. The molecule has 1 aliphatic heterocycles. The van der Waals surface area contributed by atoms with Crippen LogP contribution in [-0.4, -0.2) is 21.5 Å². The highest BCUT2D eigenvalue weighted by Gasteiger charge is 2.19. The van der Waals surface area contributed by atoms with Crippen LogP contribution in [0.15, 0.2) is 24.5 Å². The maximum Gasteiger partial charge on any atom is 0.129 e. The highest BCUT2D eigenvalue weighted by atomic mass is 35.5. The fourth-order valence-corrected chi connectivity index (χ4v) is 2.23. The van der Waals surface area contributed by atoms with Crippen molar-refractivity contribution in [1.29, 1.82) is 0 Å². The number of aromatic nitrogens is 3. The molecule has 0 amide bonds. The second-order valence-corrected chi connectivity index (χ2v) is 4.59. The topological polar surface area (TPSA) is 53.6 Å². The molecule has 2 aromatic heterocycles. The normalized spacial score (nSPS) is 18.6. The van der Waals surface area contributed by atoms with Gasteiger partial charge in [0.15, 0.2) is 0 Å². The van der Waals surface area contributed by atoms with Gasteiger partial charge in [0.25, 0.3) is 0 Å². The van der Waals surface area contributed by atoms with Crippen LogP contribution in [0.4, 0.5) is 0 Å². The molecule has 1 saturated heterocycles. The van der Waals surface area contributed by atoms with Crippen LogP contribution in [0, 0.1) is 0 Å². The summed E-state index contributed by atoms with van der Waals surface area (Å²) in [5.41, 5.74) is 1.99. The SMILES string of the molecule is Cl.Clc1ccc(-c2cnc([C@@H]3CCCN3)[nH]2)cn1. The number of hydrogen-bond acceptors (Lipinski definition) is 3.